The lowest BCUT2D eigenvalue weighted by atomic mass is 10.0. The van der Waals surface area contributed by atoms with Crippen LogP contribution in [0.2, 0.25) is 0 Å². The number of phenols is 1. The SMILES string of the molecule is Cc1cc(CNC(C)c2ccc(Br)cc2)cc(C)c1O. The zero-order valence-corrected chi connectivity index (χ0v) is 13.7. The minimum atomic E-state index is 0.289. The summed E-state index contributed by atoms with van der Waals surface area (Å²) in [5.74, 6) is 0.398. The predicted molar refractivity (Wildman–Crippen MR) is 87.0 cm³/mol. The van der Waals surface area contributed by atoms with Gasteiger partial charge in [0.1, 0.15) is 5.75 Å². The summed E-state index contributed by atoms with van der Waals surface area (Å²) in [5.41, 5.74) is 4.32. The van der Waals surface area contributed by atoms with Crippen LogP contribution in [0.5, 0.6) is 5.75 Å². The van der Waals surface area contributed by atoms with Gasteiger partial charge in [-0.1, -0.05) is 40.2 Å². The molecule has 1 atom stereocenters. The number of phenolic OH excluding ortho intramolecular Hbond substituents is 1. The van der Waals surface area contributed by atoms with E-state index in [0.29, 0.717) is 5.75 Å². The number of nitrogens with one attached hydrogen (secondary N) is 1. The Morgan fingerprint density at radius 3 is 2.20 bits per heavy atom. The summed E-state index contributed by atoms with van der Waals surface area (Å²) in [7, 11) is 0. The second kappa shape index (κ2) is 6.42. The van der Waals surface area contributed by atoms with Crippen molar-refractivity contribution in [3.8, 4) is 5.75 Å². The maximum absolute atomic E-state index is 9.79. The topological polar surface area (TPSA) is 32.3 Å². The third-order valence-corrected chi connectivity index (χ3v) is 4.06. The first-order valence-electron chi connectivity index (χ1n) is 6.75. The van der Waals surface area contributed by atoms with Crippen molar-refractivity contribution in [2.45, 2.75) is 33.4 Å². The predicted octanol–water partition coefficient (Wildman–Crippen LogP) is 4.62. The molecule has 0 aliphatic carbocycles. The summed E-state index contributed by atoms with van der Waals surface area (Å²) < 4.78 is 1.10. The lowest BCUT2D eigenvalue weighted by Gasteiger charge is -2.15. The van der Waals surface area contributed by atoms with Gasteiger partial charge in [-0.15, -0.1) is 0 Å². The van der Waals surface area contributed by atoms with Crippen LogP contribution >= 0.6 is 15.9 Å². The Labute approximate surface area is 129 Å². The van der Waals surface area contributed by atoms with E-state index >= 15 is 0 Å². The molecule has 0 aliphatic rings. The molecule has 20 heavy (non-hydrogen) atoms. The van der Waals surface area contributed by atoms with E-state index in [9.17, 15) is 5.11 Å². The minimum absolute atomic E-state index is 0.289. The number of halogens is 1. The van der Waals surface area contributed by atoms with E-state index in [0.717, 1.165) is 22.1 Å². The average Bonchev–Trinajstić information content (AvgIpc) is 2.42. The average molecular weight is 334 g/mol. The van der Waals surface area contributed by atoms with E-state index in [4.69, 9.17) is 0 Å². The van der Waals surface area contributed by atoms with Gasteiger partial charge in [0.2, 0.25) is 0 Å². The zero-order valence-electron chi connectivity index (χ0n) is 12.1. The van der Waals surface area contributed by atoms with Crippen molar-refractivity contribution >= 4 is 15.9 Å². The van der Waals surface area contributed by atoms with E-state index in [1.807, 2.05) is 26.0 Å². The molecule has 106 valence electrons. The Bertz CT molecular complexity index is 569. The van der Waals surface area contributed by atoms with Crippen LogP contribution in [0.3, 0.4) is 0 Å². The molecular formula is C17H20BrNO. The Hall–Kier alpha value is -1.32. The number of benzene rings is 2. The second-order valence-corrected chi connectivity index (χ2v) is 6.15. The molecule has 0 fully saturated rings. The van der Waals surface area contributed by atoms with Gasteiger partial charge in [0, 0.05) is 17.1 Å². The monoisotopic (exact) mass is 333 g/mol. The van der Waals surface area contributed by atoms with Crippen LogP contribution in [0.15, 0.2) is 40.9 Å². The van der Waals surface area contributed by atoms with Gasteiger partial charge in [0.15, 0.2) is 0 Å². The highest BCUT2D eigenvalue weighted by atomic mass is 79.9. The third-order valence-electron chi connectivity index (χ3n) is 3.53. The fraction of sp³-hybridized carbons (Fsp3) is 0.294. The molecule has 2 rings (SSSR count). The summed E-state index contributed by atoms with van der Waals surface area (Å²) in [6.07, 6.45) is 0. The second-order valence-electron chi connectivity index (χ2n) is 5.23. The number of hydrogen-bond donors (Lipinski definition) is 2. The summed E-state index contributed by atoms with van der Waals surface area (Å²) in [6, 6.07) is 12.7. The fourth-order valence-electron chi connectivity index (χ4n) is 2.29. The van der Waals surface area contributed by atoms with Crippen LogP contribution < -0.4 is 5.32 Å². The molecule has 3 heteroatoms. The molecule has 2 aromatic rings. The van der Waals surface area contributed by atoms with E-state index in [1.165, 1.54) is 11.1 Å². The molecule has 1 unspecified atom stereocenters. The van der Waals surface area contributed by atoms with Crippen LogP contribution in [0.25, 0.3) is 0 Å². The van der Waals surface area contributed by atoms with Gasteiger partial charge in [0.25, 0.3) is 0 Å². The van der Waals surface area contributed by atoms with E-state index < -0.39 is 0 Å². The molecule has 2 N–H and O–H groups in total. The molecule has 0 spiro atoms. The quantitative estimate of drug-likeness (QED) is 0.855. The van der Waals surface area contributed by atoms with Crippen molar-refractivity contribution in [3.05, 3.63) is 63.1 Å². The Kier molecular flexibility index (Phi) is 4.84. The Balaban J connectivity index is 2.03. The molecule has 0 bridgehead atoms. The van der Waals surface area contributed by atoms with Crippen LogP contribution in [0.1, 0.15) is 35.2 Å². The molecule has 2 aromatic carbocycles. The highest BCUT2D eigenvalue weighted by molar-refractivity contribution is 9.10. The largest absolute Gasteiger partial charge is 0.507 e. The molecule has 2 nitrogen and oxygen atoms in total. The lowest BCUT2D eigenvalue weighted by molar-refractivity contribution is 0.466. The zero-order chi connectivity index (χ0) is 14.7. The van der Waals surface area contributed by atoms with Gasteiger partial charge in [-0.05, 0) is 55.2 Å². The number of aromatic hydroxyl groups is 1. The van der Waals surface area contributed by atoms with Gasteiger partial charge < -0.3 is 10.4 Å². The van der Waals surface area contributed by atoms with Crippen LogP contribution in [0, 0.1) is 13.8 Å². The van der Waals surface area contributed by atoms with Gasteiger partial charge in [-0.3, -0.25) is 0 Å². The molecule has 0 aromatic heterocycles. The smallest absolute Gasteiger partial charge is 0.121 e. The van der Waals surface area contributed by atoms with Crippen LogP contribution in [0.4, 0.5) is 0 Å². The first-order valence-corrected chi connectivity index (χ1v) is 7.54. The van der Waals surface area contributed by atoms with E-state index in [-0.39, 0.29) is 6.04 Å². The first-order chi connectivity index (χ1) is 9.47. The minimum Gasteiger partial charge on any atom is -0.507 e. The van der Waals surface area contributed by atoms with E-state index in [1.54, 1.807) is 0 Å². The molecule has 0 amide bonds. The molecule has 0 aliphatic heterocycles. The van der Waals surface area contributed by atoms with Crippen LogP contribution in [-0.4, -0.2) is 5.11 Å². The fourth-order valence-corrected chi connectivity index (χ4v) is 2.55. The molecule has 0 radical (unpaired) electrons. The summed E-state index contributed by atoms with van der Waals surface area (Å²) in [4.78, 5) is 0. The number of rotatable bonds is 4. The van der Waals surface area contributed by atoms with Crippen molar-refractivity contribution in [2.75, 3.05) is 0 Å². The highest BCUT2D eigenvalue weighted by Crippen LogP contribution is 2.23. The van der Waals surface area contributed by atoms with Crippen molar-refractivity contribution < 1.29 is 5.11 Å². The maximum atomic E-state index is 9.79. The van der Waals surface area contributed by atoms with Crippen molar-refractivity contribution in [1.82, 2.24) is 5.32 Å². The first kappa shape index (κ1) is 15.1. The van der Waals surface area contributed by atoms with Crippen molar-refractivity contribution in [2.24, 2.45) is 0 Å². The molecule has 0 heterocycles. The Morgan fingerprint density at radius 2 is 1.65 bits per heavy atom. The normalized spacial score (nSPS) is 12.4. The number of aryl methyl sites for hydroxylation is 2. The maximum Gasteiger partial charge on any atom is 0.121 e. The lowest BCUT2D eigenvalue weighted by Crippen LogP contribution is -2.18. The summed E-state index contributed by atoms with van der Waals surface area (Å²) in [6.45, 7) is 6.82. The van der Waals surface area contributed by atoms with Crippen molar-refractivity contribution in [1.29, 1.82) is 0 Å². The number of hydrogen-bond acceptors (Lipinski definition) is 2. The van der Waals surface area contributed by atoms with Gasteiger partial charge in [-0.25, -0.2) is 0 Å². The van der Waals surface area contributed by atoms with E-state index in [2.05, 4.69) is 52.4 Å². The van der Waals surface area contributed by atoms with Crippen molar-refractivity contribution in [3.63, 3.8) is 0 Å². The van der Waals surface area contributed by atoms with Crippen LogP contribution in [-0.2, 0) is 6.54 Å². The molecular weight excluding hydrogens is 314 g/mol. The summed E-state index contributed by atoms with van der Waals surface area (Å²) >= 11 is 3.45. The van der Waals surface area contributed by atoms with Gasteiger partial charge >= 0.3 is 0 Å². The van der Waals surface area contributed by atoms with Gasteiger partial charge in [-0.2, -0.15) is 0 Å². The van der Waals surface area contributed by atoms with Gasteiger partial charge in [0.05, 0.1) is 0 Å². The third kappa shape index (κ3) is 3.62. The standard InChI is InChI=1S/C17H20BrNO/c1-11-8-14(9-12(2)17(11)20)10-19-13(3)15-4-6-16(18)7-5-15/h4-9,13,19-20H,10H2,1-3H3. The summed E-state index contributed by atoms with van der Waals surface area (Å²) in [5, 5.41) is 13.3. The Morgan fingerprint density at radius 1 is 1.10 bits per heavy atom. The molecule has 0 saturated heterocycles. The molecule has 0 saturated carbocycles. The highest BCUT2D eigenvalue weighted by Gasteiger charge is 2.07.